The van der Waals surface area contributed by atoms with Crippen molar-refractivity contribution < 1.29 is 4.74 Å². The third-order valence-corrected chi connectivity index (χ3v) is 3.91. The molecule has 104 valence electrons. The van der Waals surface area contributed by atoms with Crippen LogP contribution in [0.1, 0.15) is 41.7 Å². The van der Waals surface area contributed by atoms with Crippen LogP contribution in [-0.4, -0.2) is 11.5 Å². The van der Waals surface area contributed by atoms with E-state index in [1.165, 1.54) is 17.5 Å². The molecular formula is C17H20N2O. The van der Waals surface area contributed by atoms with E-state index in [-0.39, 0.29) is 12.2 Å². The number of fused-ring (bicyclic) bond motifs is 1. The van der Waals surface area contributed by atoms with E-state index in [4.69, 9.17) is 10.5 Å². The number of benzene rings is 1. The zero-order chi connectivity index (χ0) is 13.8. The van der Waals surface area contributed by atoms with Gasteiger partial charge in [0, 0.05) is 24.5 Å². The van der Waals surface area contributed by atoms with Gasteiger partial charge in [-0.1, -0.05) is 30.3 Å². The summed E-state index contributed by atoms with van der Waals surface area (Å²) in [5.41, 5.74) is 9.67. The number of hydrogen-bond donors (Lipinski definition) is 1. The molecule has 2 unspecified atom stereocenters. The summed E-state index contributed by atoms with van der Waals surface area (Å²) in [6.45, 7) is 0.477. The number of pyridine rings is 1. The van der Waals surface area contributed by atoms with Crippen LogP contribution in [0.5, 0.6) is 0 Å². The van der Waals surface area contributed by atoms with Gasteiger partial charge in [-0.05, 0) is 36.5 Å². The summed E-state index contributed by atoms with van der Waals surface area (Å²) in [6.07, 6.45) is 7.06. The second-order valence-electron chi connectivity index (χ2n) is 5.23. The standard InChI is InChI=1S/C17H20N2O/c18-11-17(14-7-4-10-19-12-14)20-16-9-3-6-13-5-1-2-8-15(13)16/h1-2,4-5,7-8,10,12,16-17H,3,6,9,11,18H2. The Kier molecular flexibility index (Phi) is 4.09. The molecule has 0 saturated heterocycles. The topological polar surface area (TPSA) is 48.1 Å². The van der Waals surface area contributed by atoms with E-state index in [9.17, 15) is 0 Å². The van der Waals surface area contributed by atoms with Crippen LogP contribution in [0.2, 0.25) is 0 Å². The minimum Gasteiger partial charge on any atom is -0.364 e. The Morgan fingerprint density at radius 1 is 1.25 bits per heavy atom. The van der Waals surface area contributed by atoms with Crippen molar-refractivity contribution in [2.45, 2.75) is 31.5 Å². The van der Waals surface area contributed by atoms with E-state index >= 15 is 0 Å². The van der Waals surface area contributed by atoms with Gasteiger partial charge in [0.25, 0.3) is 0 Å². The Labute approximate surface area is 119 Å². The van der Waals surface area contributed by atoms with E-state index in [2.05, 4.69) is 29.2 Å². The highest BCUT2D eigenvalue weighted by molar-refractivity contribution is 5.31. The highest BCUT2D eigenvalue weighted by Crippen LogP contribution is 2.35. The molecule has 1 aliphatic carbocycles. The van der Waals surface area contributed by atoms with Gasteiger partial charge in [0.2, 0.25) is 0 Å². The summed E-state index contributed by atoms with van der Waals surface area (Å²) in [7, 11) is 0. The number of nitrogens with zero attached hydrogens (tertiary/aromatic N) is 1. The third-order valence-electron chi connectivity index (χ3n) is 3.91. The summed E-state index contributed by atoms with van der Waals surface area (Å²) in [6, 6.07) is 12.5. The molecule has 20 heavy (non-hydrogen) atoms. The van der Waals surface area contributed by atoms with Crippen molar-refractivity contribution in [2.24, 2.45) is 5.73 Å². The van der Waals surface area contributed by atoms with Crippen LogP contribution >= 0.6 is 0 Å². The lowest BCUT2D eigenvalue weighted by Crippen LogP contribution is -2.21. The molecule has 1 aromatic heterocycles. The Hall–Kier alpha value is -1.71. The largest absolute Gasteiger partial charge is 0.364 e. The Morgan fingerprint density at radius 2 is 2.15 bits per heavy atom. The second-order valence-corrected chi connectivity index (χ2v) is 5.23. The van der Waals surface area contributed by atoms with Crippen LogP contribution in [0.15, 0.2) is 48.8 Å². The summed E-state index contributed by atoms with van der Waals surface area (Å²) in [4.78, 5) is 4.16. The molecule has 2 atom stereocenters. The molecule has 0 saturated carbocycles. The number of rotatable bonds is 4. The maximum atomic E-state index is 6.29. The third kappa shape index (κ3) is 2.74. The quantitative estimate of drug-likeness (QED) is 0.926. The molecular weight excluding hydrogens is 248 g/mol. The predicted octanol–water partition coefficient (Wildman–Crippen LogP) is 3.18. The van der Waals surface area contributed by atoms with Gasteiger partial charge in [0.1, 0.15) is 0 Å². The summed E-state index contributed by atoms with van der Waals surface area (Å²) < 4.78 is 6.29. The maximum Gasteiger partial charge on any atom is 0.0970 e. The number of aryl methyl sites for hydroxylation is 1. The van der Waals surface area contributed by atoms with Crippen molar-refractivity contribution in [3.63, 3.8) is 0 Å². The van der Waals surface area contributed by atoms with Crippen LogP contribution in [-0.2, 0) is 11.2 Å². The molecule has 2 aromatic rings. The van der Waals surface area contributed by atoms with Gasteiger partial charge in [-0.3, -0.25) is 4.98 Å². The van der Waals surface area contributed by atoms with E-state index < -0.39 is 0 Å². The van der Waals surface area contributed by atoms with Crippen LogP contribution in [0.3, 0.4) is 0 Å². The average Bonchev–Trinajstić information content (AvgIpc) is 2.53. The van der Waals surface area contributed by atoms with Crippen LogP contribution in [0, 0.1) is 0 Å². The number of aromatic nitrogens is 1. The normalized spacial score (nSPS) is 19.4. The molecule has 2 N–H and O–H groups in total. The summed E-state index contributed by atoms with van der Waals surface area (Å²) in [5, 5.41) is 0. The van der Waals surface area contributed by atoms with E-state index in [0.29, 0.717) is 6.54 Å². The van der Waals surface area contributed by atoms with Gasteiger partial charge < -0.3 is 10.5 Å². The number of nitrogens with two attached hydrogens (primary N) is 1. The Bertz CT molecular complexity index is 556. The Morgan fingerprint density at radius 3 is 2.95 bits per heavy atom. The number of hydrogen-bond acceptors (Lipinski definition) is 3. The van der Waals surface area contributed by atoms with Crippen molar-refractivity contribution in [2.75, 3.05) is 6.54 Å². The molecule has 3 heteroatoms. The van der Waals surface area contributed by atoms with E-state index in [1.807, 2.05) is 18.3 Å². The molecule has 0 fully saturated rings. The Balaban J connectivity index is 1.81. The minimum atomic E-state index is -0.0835. The first kappa shape index (κ1) is 13.3. The van der Waals surface area contributed by atoms with Gasteiger partial charge in [-0.25, -0.2) is 0 Å². The summed E-state index contributed by atoms with van der Waals surface area (Å²) in [5.74, 6) is 0. The smallest absolute Gasteiger partial charge is 0.0970 e. The van der Waals surface area contributed by atoms with Crippen LogP contribution in [0.25, 0.3) is 0 Å². The monoisotopic (exact) mass is 268 g/mol. The van der Waals surface area contributed by atoms with Crippen LogP contribution < -0.4 is 5.73 Å². The zero-order valence-corrected chi connectivity index (χ0v) is 11.5. The average molecular weight is 268 g/mol. The van der Waals surface area contributed by atoms with Gasteiger partial charge in [0.05, 0.1) is 12.2 Å². The summed E-state index contributed by atoms with van der Waals surface area (Å²) >= 11 is 0. The van der Waals surface area contributed by atoms with Crippen molar-refractivity contribution in [3.8, 4) is 0 Å². The van der Waals surface area contributed by atoms with E-state index in [1.54, 1.807) is 6.20 Å². The lowest BCUT2D eigenvalue weighted by atomic mass is 9.89. The SMILES string of the molecule is NCC(OC1CCCc2ccccc21)c1cccnc1. The van der Waals surface area contributed by atoms with Crippen molar-refractivity contribution >= 4 is 0 Å². The molecule has 0 aliphatic heterocycles. The van der Waals surface area contributed by atoms with Crippen molar-refractivity contribution in [1.29, 1.82) is 0 Å². The number of ether oxygens (including phenoxy) is 1. The zero-order valence-electron chi connectivity index (χ0n) is 11.5. The molecule has 0 amide bonds. The second kappa shape index (κ2) is 6.16. The predicted molar refractivity (Wildman–Crippen MR) is 79.2 cm³/mol. The molecule has 1 heterocycles. The molecule has 3 rings (SSSR count). The molecule has 1 aliphatic rings. The fourth-order valence-electron chi connectivity index (χ4n) is 2.89. The van der Waals surface area contributed by atoms with Gasteiger partial charge in [-0.15, -0.1) is 0 Å². The molecule has 0 radical (unpaired) electrons. The van der Waals surface area contributed by atoms with Crippen molar-refractivity contribution in [1.82, 2.24) is 4.98 Å². The van der Waals surface area contributed by atoms with Gasteiger partial charge >= 0.3 is 0 Å². The van der Waals surface area contributed by atoms with E-state index in [0.717, 1.165) is 18.4 Å². The van der Waals surface area contributed by atoms with Gasteiger partial charge in [0.15, 0.2) is 0 Å². The van der Waals surface area contributed by atoms with Gasteiger partial charge in [-0.2, -0.15) is 0 Å². The lowest BCUT2D eigenvalue weighted by Gasteiger charge is -2.29. The fraction of sp³-hybridized carbons (Fsp3) is 0.353. The molecule has 0 spiro atoms. The lowest BCUT2D eigenvalue weighted by molar-refractivity contribution is -0.0193. The van der Waals surface area contributed by atoms with Crippen LogP contribution in [0.4, 0.5) is 0 Å². The highest BCUT2D eigenvalue weighted by atomic mass is 16.5. The highest BCUT2D eigenvalue weighted by Gasteiger charge is 2.24. The van der Waals surface area contributed by atoms with Crippen molar-refractivity contribution in [3.05, 3.63) is 65.5 Å². The molecule has 1 aromatic carbocycles. The minimum absolute atomic E-state index is 0.0835. The first-order chi connectivity index (χ1) is 9.88. The fourth-order valence-corrected chi connectivity index (χ4v) is 2.89. The first-order valence-corrected chi connectivity index (χ1v) is 7.21. The maximum absolute atomic E-state index is 6.29. The molecule has 0 bridgehead atoms. The first-order valence-electron chi connectivity index (χ1n) is 7.21. The molecule has 3 nitrogen and oxygen atoms in total.